The molecule has 0 aromatic rings. The lowest BCUT2D eigenvalue weighted by atomic mass is 9.96. The third-order valence-corrected chi connectivity index (χ3v) is 19.8. The van der Waals surface area contributed by atoms with E-state index in [0.717, 1.165) is 83.1 Å². The third-order valence-electron chi connectivity index (χ3n) is 19.8. The normalized spacial score (nSPS) is 24.7. The van der Waals surface area contributed by atoms with Crippen molar-refractivity contribution in [2.24, 2.45) is 0 Å². The van der Waals surface area contributed by atoms with E-state index in [2.05, 4.69) is 37.2 Å². The van der Waals surface area contributed by atoms with E-state index in [1.807, 2.05) is 0 Å². The number of rotatable bonds is 56. The molecule has 49 nitrogen and oxygen atoms in total. The highest BCUT2D eigenvalue weighted by Gasteiger charge is 2.56. The quantitative estimate of drug-likeness (QED) is 0.0194. The minimum atomic E-state index is -1.41. The van der Waals surface area contributed by atoms with Crippen LogP contribution in [-0.4, -0.2) is 356 Å². The van der Waals surface area contributed by atoms with Gasteiger partial charge in [-0.3, -0.25) is 95.9 Å². The molecule has 0 spiro atoms. The Kier molecular flexibility index (Phi) is 51.9. The molecule has 752 valence electrons. The predicted molar refractivity (Wildman–Crippen MR) is 447 cm³/mol. The van der Waals surface area contributed by atoms with Crippen LogP contribution < -0.4 is 37.2 Å². The Hall–Kier alpha value is -11.0. The number of nitrogens with zero attached hydrogens (tertiary/aromatic N) is 2. The molecule has 4 fully saturated rings. The van der Waals surface area contributed by atoms with Gasteiger partial charge in [-0.05, 0) is 51.4 Å². The Bertz CT molecular complexity index is 3650. The molecule has 0 aliphatic carbocycles. The van der Waals surface area contributed by atoms with E-state index in [4.69, 9.17) is 94.7 Å². The van der Waals surface area contributed by atoms with Crippen LogP contribution in [-0.2, 0) is 191 Å². The predicted octanol–water partition coefficient (Wildman–Crippen LogP) is -2.16. The third kappa shape index (κ3) is 44.2. The molecular weight excluding hydrogens is 1770 g/mol. The summed E-state index contributed by atoms with van der Waals surface area (Å²) in [6, 6.07) is -5.03. The van der Waals surface area contributed by atoms with E-state index in [0.29, 0.717) is 0 Å². The van der Waals surface area contributed by atoms with Crippen molar-refractivity contribution in [1.29, 1.82) is 0 Å². The second-order valence-corrected chi connectivity index (χ2v) is 31.4. The molecule has 11 unspecified atom stereocenters. The van der Waals surface area contributed by atoms with Crippen molar-refractivity contribution in [3.05, 3.63) is 0 Å². The summed E-state index contributed by atoms with van der Waals surface area (Å²) >= 11 is 0. The SMILES string of the molecule is CC(=O)NC1C(OC(C)=O)[C@@H](OC(C)=O)C(COC(C)=O)O[C@H]1OCCCCC(=O)NCCN(CCNCCN(CCNC(=O)CCCCO[C@@H]1OC(COC(C)=O)[C@H](OC(C)=O)C(OC(C)=O)[C@@H]1NC(C)=O)C(=O)CCCCO[C@@H]1OC(COC(C)=O)[C@H](OC(C)=O)C(OC(C)=O)C1NC(C)=O)C(=O)CCCCO[C@@H]1OC(COC(C)=O)[C@H](OC(C)=O)C(OC(C)=O)C1NC(C)=O. The minimum Gasteiger partial charge on any atom is -0.463 e. The maximum Gasteiger partial charge on any atom is 0.303 e. The van der Waals surface area contributed by atoms with Crippen molar-refractivity contribution in [3.8, 4) is 0 Å². The molecule has 4 saturated heterocycles. The van der Waals surface area contributed by atoms with Crippen molar-refractivity contribution in [3.63, 3.8) is 0 Å². The van der Waals surface area contributed by atoms with Crippen molar-refractivity contribution < 1.29 is 191 Å². The number of carbonyl (C=O) groups is 20. The standard InChI is InChI=1S/C84H131N9O40/c1-45(94)88-69-77(126-57(13)106)73(122-53(9)102)61(41-118-49(5)98)130-81(69)114-37-21-17-25-65(110)86-31-35-92(67(112)27-19-23-39-116-83-71(90-47(3)96)79(128-59(15)108)75(124-55(11)104)63(132-83)43-120-51(7)100)33-29-85-30-34-93(68(113)28-20-24-40-117-84-72(91-48(4)97)80(129-60(16)109)76(125-56(12)105)64(133-84)44-121-52(8)101)36-32-87-66(111)26-18-22-38-115-82-70(89-46(2)95)78(127-58(14)107)74(123-54(10)103)62(131-82)42-119-50(6)99/h61-64,69-85H,17-44H2,1-16H3,(H,86,110)(H,87,111)(H,88,94)(H,89,95)(H,90,96)(H,91,97)/t61?,62?,63?,64?,69-,70?,71?,72?,73-,74-,75-,76-,77?,78?,79?,80?,81+,82+,83+,84+/m0/s1. The van der Waals surface area contributed by atoms with Crippen LogP contribution >= 0.6 is 0 Å². The lowest BCUT2D eigenvalue weighted by Crippen LogP contribution is -2.66. The number of hydrogen-bond donors (Lipinski definition) is 7. The van der Waals surface area contributed by atoms with Gasteiger partial charge in [0.1, 0.15) is 75.0 Å². The molecule has 0 aromatic carbocycles. The van der Waals surface area contributed by atoms with Crippen LogP contribution in [0.25, 0.3) is 0 Å². The number of nitrogens with one attached hydrogen (secondary N) is 7. The largest absolute Gasteiger partial charge is 0.463 e. The molecule has 0 saturated carbocycles. The van der Waals surface area contributed by atoms with Gasteiger partial charge in [0, 0.05) is 215 Å². The zero-order valence-corrected chi connectivity index (χ0v) is 78.1. The van der Waals surface area contributed by atoms with Gasteiger partial charge >= 0.3 is 71.6 Å². The van der Waals surface area contributed by atoms with Crippen LogP contribution in [0.15, 0.2) is 0 Å². The fraction of sp³-hybridized carbons (Fsp3) is 0.762. The number of carbonyl (C=O) groups excluding carboxylic acids is 20. The summed E-state index contributed by atoms with van der Waals surface area (Å²) in [5.41, 5.74) is 0. The summed E-state index contributed by atoms with van der Waals surface area (Å²) in [6.07, 6.45) is -20.4. The van der Waals surface area contributed by atoms with Crippen molar-refractivity contribution in [2.45, 2.75) is 310 Å². The summed E-state index contributed by atoms with van der Waals surface area (Å²) in [7, 11) is 0. The summed E-state index contributed by atoms with van der Waals surface area (Å²) in [5, 5.41) is 19.4. The van der Waals surface area contributed by atoms with Crippen molar-refractivity contribution >= 4 is 119 Å². The zero-order chi connectivity index (χ0) is 99.1. The van der Waals surface area contributed by atoms with Gasteiger partial charge in [0.15, 0.2) is 74.0 Å². The van der Waals surface area contributed by atoms with Gasteiger partial charge in [-0.25, -0.2) is 0 Å². The molecule has 4 rings (SSSR count). The average molecular weight is 1910 g/mol. The Morgan fingerprint density at radius 3 is 0.654 bits per heavy atom. The fourth-order valence-electron chi connectivity index (χ4n) is 14.5. The van der Waals surface area contributed by atoms with Gasteiger partial charge in [0.05, 0.1) is 0 Å². The summed E-state index contributed by atoms with van der Waals surface area (Å²) in [5.74, 6) is -13.5. The van der Waals surface area contributed by atoms with Crippen LogP contribution in [0.1, 0.15) is 188 Å². The van der Waals surface area contributed by atoms with Crippen LogP contribution in [0.2, 0.25) is 0 Å². The number of hydrogen-bond acceptors (Lipinski definition) is 41. The zero-order valence-electron chi connectivity index (χ0n) is 78.1. The van der Waals surface area contributed by atoms with Crippen molar-refractivity contribution in [1.82, 2.24) is 47.0 Å². The van der Waals surface area contributed by atoms with Crippen molar-refractivity contribution in [2.75, 3.05) is 105 Å². The highest BCUT2D eigenvalue weighted by atomic mass is 16.7. The molecule has 4 aliphatic heterocycles. The number of esters is 12. The lowest BCUT2D eigenvalue weighted by Gasteiger charge is -2.44. The highest BCUT2D eigenvalue weighted by Crippen LogP contribution is 2.34. The van der Waals surface area contributed by atoms with Crippen LogP contribution in [0.4, 0.5) is 0 Å². The first-order valence-corrected chi connectivity index (χ1v) is 43.7. The number of ether oxygens (including phenoxy) is 20. The summed E-state index contributed by atoms with van der Waals surface area (Å²) < 4.78 is 114. The first-order chi connectivity index (χ1) is 62.8. The second kappa shape index (κ2) is 60.3. The Labute approximate surface area is 769 Å². The molecular formula is C84H131N9O40. The summed E-state index contributed by atoms with van der Waals surface area (Å²) in [6.45, 7) is 15.6. The fourth-order valence-corrected chi connectivity index (χ4v) is 14.5. The topological polar surface area (TPSA) is 617 Å². The first kappa shape index (κ1) is 114. The van der Waals surface area contributed by atoms with Gasteiger partial charge in [0.25, 0.3) is 0 Å². The molecule has 49 heteroatoms. The molecule has 8 amide bonds. The van der Waals surface area contributed by atoms with Crippen LogP contribution in [0.3, 0.4) is 0 Å². The van der Waals surface area contributed by atoms with E-state index in [9.17, 15) is 95.9 Å². The monoisotopic (exact) mass is 1910 g/mol. The lowest BCUT2D eigenvalue weighted by molar-refractivity contribution is -0.277. The smallest absolute Gasteiger partial charge is 0.303 e. The Morgan fingerprint density at radius 2 is 0.451 bits per heavy atom. The maximum atomic E-state index is 14.4. The van der Waals surface area contributed by atoms with E-state index in [1.54, 1.807) is 0 Å². The molecule has 20 atom stereocenters. The Morgan fingerprint density at radius 1 is 0.248 bits per heavy atom. The van der Waals surface area contributed by atoms with Gasteiger partial charge in [-0.2, -0.15) is 0 Å². The Balaban J connectivity index is 1.57. The second-order valence-electron chi connectivity index (χ2n) is 31.4. The highest BCUT2D eigenvalue weighted by molar-refractivity contribution is 5.80. The van der Waals surface area contributed by atoms with E-state index < -0.39 is 268 Å². The molecule has 0 radical (unpaired) electrons. The molecule has 0 bridgehead atoms. The molecule has 0 aromatic heterocycles. The molecule has 7 N–H and O–H groups in total. The van der Waals surface area contributed by atoms with Gasteiger partial charge in [-0.15, -0.1) is 0 Å². The number of unbranched alkanes of at least 4 members (excludes halogenated alkanes) is 4. The first-order valence-electron chi connectivity index (χ1n) is 43.7. The number of amides is 8. The van der Waals surface area contributed by atoms with Gasteiger partial charge in [0.2, 0.25) is 47.3 Å². The van der Waals surface area contributed by atoms with E-state index >= 15 is 0 Å². The van der Waals surface area contributed by atoms with Crippen LogP contribution in [0, 0.1) is 0 Å². The van der Waals surface area contributed by atoms with Gasteiger partial charge < -0.3 is 142 Å². The molecule has 4 aliphatic rings. The maximum absolute atomic E-state index is 14.4. The summed E-state index contributed by atoms with van der Waals surface area (Å²) in [4.78, 5) is 256. The minimum absolute atomic E-state index is 0.0244. The van der Waals surface area contributed by atoms with E-state index in [1.165, 1.54) is 37.5 Å². The van der Waals surface area contributed by atoms with Gasteiger partial charge in [-0.1, -0.05) is 0 Å². The molecule has 133 heavy (non-hydrogen) atoms. The molecule has 4 heterocycles. The van der Waals surface area contributed by atoms with E-state index in [-0.39, 0.29) is 156 Å². The average Bonchev–Trinajstić information content (AvgIpc) is 0.801. The van der Waals surface area contributed by atoms with Crippen LogP contribution in [0.5, 0.6) is 0 Å².